The molecule has 76 valence electrons. The molecule has 0 fully saturated rings. The van der Waals surface area contributed by atoms with E-state index >= 15 is 0 Å². The van der Waals surface area contributed by atoms with Crippen LogP contribution in [0.4, 0.5) is 0 Å². The first-order valence-corrected chi connectivity index (χ1v) is 4.50. The van der Waals surface area contributed by atoms with Gasteiger partial charge >= 0.3 is 5.97 Å². The maximum absolute atomic E-state index is 10.8. The van der Waals surface area contributed by atoms with Crippen molar-refractivity contribution in [1.82, 2.24) is 9.55 Å². The number of rotatable bonds is 1. The van der Waals surface area contributed by atoms with Crippen molar-refractivity contribution in [2.24, 2.45) is 0 Å². The third-order valence-corrected chi connectivity index (χ3v) is 2.76. The summed E-state index contributed by atoms with van der Waals surface area (Å²) in [5, 5.41) is 18.6. The van der Waals surface area contributed by atoms with Crippen LogP contribution < -0.4 is 0 Å². The number of nitrogens with zero attached hydrogens (tertiary/aromatic N) is 2. The van der Waals surface area contributed by atoms with E-state index in [-0.39, 0.29) is 12.8 Å². The minimum Gasteiger partial charge on any atom is -0.479 e. The number of hydrogen-bond acceptors (Lipinski definition) is 3. The van der Waals surface area contributed by atoms with Gasteiger partial charge in [0.1, 0.15) is 5.82 Å². The molecule has 2 heterocycles. The summed E-state index contributed by atoms with van der Waals surface area (Å²) in [6.07, 6.45) is 2.01. The van der Waals surface area contributed by atoms with E-state index in [9.17, 15) is 9.90 Å². The van der Waals surface area contributed by atoms with E-state index in [0.29, 0.717) is 6.54 Å². The van der Waals surface area contributed by atoms with E-state index in [4.69, 9.17) is 5.11 Å². The number of aliphatic hydroxyl groups is 1. The molecule has 0 bridgehead atoms. The van der Waals surface area contributed by atoms with Gasteiger partial charge in [-0.05, 0) is 6.92 Å². The number of imidazole rings is 1. The van der Waals surface area contributed by atoms with Crippen LogP contribution in [0.15, 0.2) is 6.20 Å². The minimum atomic E-state index is -1.61. The molecule has 5 nitrogen and oxygen atoms in total. The Morgan fingerprint density at radius 3 is 3.07 bits per heavy atom. The summed E-state index contributed by atoms with van der Waals surface area (Å²) in [5.41, 5.74) is -0.818. The number of aromatic nitrogens is 2. The van der Waals surface area contributed by atoms with Gasteiger partial charge in [0.15, 0.2) is 5.60 Å². The fraction of sp³-hybridized carbons (Fsp3) is 0.556. The smallest absolute Gasteiger partial charge is 0.336 e. The fourth-order valence-corrected chi connectivity index (χ4v) is 1.83. The molecule has 1 atom stereocenters. The normalized spacial score (nSPS) is 25.9. The van der Waals surface area contributed by atoms with Crippen LogP contribution in [0.3, 0.4) is 0 Å². The van der Waals surface area contributed by atoms with Gasteiger partial charge in [0.05, 0.1) is 0 Å². The molecular weight excluding hydrogens is 184 g/mol. The Hall–Kier alpha value is -1.36. The zero-order valence-corrected chi connectivity index (χ0v) is 7.90. The van der Waals surface area contributed by atoms with Crippen molar-refractivity contribution in [2.45, 2.75) is 31.9 Å². The lowest BCUT2D eigenvalue weighted by atomic mass is 9.91. The monoisotopic (exact) mass is 196 g/mol. The number of carbonyl (C=O) groups is 1. The molecule has 2 N–H and O–H groups in total. The van der Waals surface area contributed by atoms with Crippen molar-refractivity contribution in [3.05, 3.63) is 17.7 Å². The minimum absolute atomic E-state index is 0.142. The van der Waals surface area contributed by atoms with Gasteiger partial charge in [-0.3, -0.25) is 0 Å². The Kier molecular flexibility index (Phi) is 1.85. The van der Waals surface area contributed by atoms with Crippen LogP contribution in [0.25, 0.3) is 0 Å². The highest BCUT2D eigenvalue weighted by molar-refractivity contribution is 5.77. The maximum atomic E-state index is 10.8. The highest BCUT2D eigenvalue weighted by atomic mass is 16.4. The number of hydrogen-bond donors (Lipinski definition) is 2. The predicted molar refractivity (Wildman–Crippen MR) is 47.9 cm³/mol. The molecule has 1 aromatic heterocycles. The highest BCUT2D eigenvalue weighted by Crippen LogP contribution is 2.25. The van der Waals surface area contributed by atoms with Gasteiger partial charge in [-0.1, -0.05) is 0 Å². The van der Waals surface area contributed by atoms with Gasteiger partial charge in [-0.15, -0.1) is 0 Å². The first-order chi connectivity index (χ1) is 6.53. The standard InChI is InChI=1S/C9H12N2O3/c1-6-10-5-7-4-9(14,8(12)13)2-3-11(6)7/h5,14H,2-4H2,1H3,(H,12,13). The maximum Gasteiger partial charge on any atom is 0.336 e. The second-order valence-corrected chi connectivity index (χ2v) is 3.71. The predicted octanol–water partition coefficient (Wildman–Crippen LogP) is -0.0466. The van der Waals surface area contributed by atoms with Gasteiger partial charge in [0.2, 0.25) is 0 Å². The Balaban J connectivity index is 2.34. The molecule has 1 unspecified atom stereocenters. The number of aliphatic carboxylic acids is 1. The molecule has 0 spiro atoms. The van der Waals surface area contributed by atoms with Crippen LogP contribution in [0.1, 0.15) is 17.9 Å². The van der Waals surface area contributed by atoms with E-state index < -0.39 is 11.6 Å². The summed E-state index contributed by atoms with van der Waals surface area (Å²) in [4.78, 5) is 14.9. The van der Waals surface area contributed by atoms with Crippen molar-refractivity contribution in [1.29, 1.82) is 0 Å². The van der Waals surface area contributed by atoms with Gasteiger partial charge in [0, 0.05) is 31.3 Å². The molecule has 0 aliphatic carbocycles. The van der Waals surface area contributed by atoms with E-state index in [1.807, 2.05) is 11.5 Å². The summed E-state index contributed by atoms with van der Waals surface area (Å²) >= 11 is 0. The molecule has 14 heavy (non-hydrogen) atoms. The van der Waals surface area contributed by atoms with Crippen molar-refractivity contribution in [3.63, 3.8) is 0 Å². The third-order valence-electron chi connectivity index (χ3n) is 2.76. The van der Waals surface area contributed by atoms with Crippen LogP contribution >= 0.6 is 0 Å². The van der Waals surface area contributed by atoms with Crippen LogP contribution in [0.5, 0.6) is 0 Å². The van der Waals surface area contributed by atoms with Crippen molar-refractivity contribution in [2.75, 3.05) is 0 Å². The largest absolute Gasteiger partial charge is 0.479 e. The Morgan fingerprint density at radius 1 is 1.71 bits per heavy atom. The summed E-state index contributed by atoms with van der Waals surface area (Å²) in [6.45, 7) is 2.39. The van der Waals surface area contributed by atoms with Gasteiger partial charge in [-0.2, -0.15) is 0 Å². The quantitative estimate of drug-likeness (QED) is 0.660. The number of carboxylic acids is 1. The Morgan fingerprint density at radius 2 is 2.43 bits per heavy atom. The number of aryl methyl sites for hydroxylation is 1. The lowest BCUT2D eigenvalue weighted by Crippen LogP contribution is -2.45. The molecule has 0 radical (unpaired) electrons. The van der Waals surface area contributed by atoms with Crippen molar-refractivity contribution in [3.8, 4) is 0 Å². The third kappa shape index (κ3) is 1.21. The lowest BCUT2D eigenvalue weighted by Gasteiger charge is -2.29. The van der Waals surface area contributed by atoms with Crippen LogP contribution in [0, 0.1) is 6.92 Å². The Bertz CT molecular complexity index is 385. The number of carboxylic acid groups (broad SMARTS) is 1. The van der Waals surface area contributed by atoms with Crippen molar-refractivity contribution < 1.29 is 15.0 Å². The molecule has 2 rings (SSSR count). The average Bonchev–Trinajstić information content (AvgIpc) is 2.47. The molecule has 1 aromatic rings. The first-order valence-electron chi connectivity index (χ1n) is 4.50. The molecule has 1 aliphatic heterocycles. The van der Waals surface area contributed by atoms with E-state index in [1.54, 1.807) is 6.20 Å². The fourth-order valence-electron chi connectivity index (χ4n) is 1.83. The van der Waals surface area contributed by atoms with E-state index in [1.165, 1.54) is 0 Å². The van der Waals surface area contributed by atoms with Crippen LogP contribution in [0.2, 0.25) is 0 Å². The molecule has 0 amide bonds. The summed E-state index contributed by atoms with van der Waals surface area (Å²) in [7, 11) is 0. The number of fused-ring (bicyclic) bond motifs is 1. The van der Waals surface area contributed by atoms with E-state index in [0.717, 1.165) is 11.5 Å². The molecule has 1 aliphatic rings. The van der Waals surface area contributed by atoms with Crippen LogP contribution in [-0.2, 0) is 17.8 Å². The lowest BCUT2D eigenvalue weighted by molar-refractivity contribution is -0.160. The molecular formula is C9H12N2O3. The zero-order valence-electron chi connectivity index (χ0n) is 7.90. The molecule has 5 heteroatoms. The van der Waals surface area contributed by atoms with E-state index in [2.05, 4.69) is 4.98 Å². The highest BCUT2D eigenvalue weighted by Gasteiger charge is 2.40. The second kappa shape index (κ2) is 2.81. The zero-order chi connectivity index (χ0) is 10.3. The second-order valence-electron chi connectivity index (χ2n) is 3.71. The summed E-state index contributed by atoms with van der Waals surface area (Å²) in [5.74, 6) is -0.282. The average molecular weight is 196 g/mol. The summed E-state index contributed by atoms with van der Waals surface area (Å²) < 4.78 is 1.94. The Labute approximate surface area is 81.0 Å². The molecule has 0 saturated heterocycles. The summed E-state index contributed by atoms with van der Waals surface area (Å²) in [6, 6.07) is 0. The molecule has 0 aromatic carbocycles. The topological polar surface area (TPSA) is 75.3 Å². The van der Waals surface area contributed by atoms with Gasteiger partial charge in [-0.25, -0.2) is 9.78 Å². The SMILES string of the molecule is Cc1ncc2n1CCC(O)(C(=O)O)C2. The van der Waals surface area contributed by atoms with Gasteiger partial charge < -0.3 is 14.8 Å². The van der Waals surface area contributed by atoms with Crippen LogP contribution in [-0.4, -0.2) is 31.3 Å². The van der Waals surface area contributed by atoms with Gasteiger partial charge in [0.25, 0.3) is 0 Å². The van der Waals surface area contributed by atoms with Crippen molar-refractivity contribution >= 4 is 5.97 Å². The molecule has 0 saturated carbocycles. The first kappa shape index (κ1) is 9.21.